The molecule has 0 bridgehead atoms. The number of nitrogens with two attached hydrogens (primary N) is 1. The molecule has 3 N–H and O–H groups in total. The fraction of sp³-hybridized carbons (Fsp3) is 0.357. The van der Waals surface area contributed by atoms with Crippen molar-refractivity contribution in [3.8, 4) is 0 Å². The largest absolute Gasteiger partial charge is 0.330 e. The molecule has 0 radical (unpaired) electrons. The van der Waals surface area contributed by atoms with E-state index in [0.717, 1.165) is 25.2 Å². The van der Waals surface area contributed by atoms with Gasteiger partial charge >= 0.3 is 0 Å². The van der Waals surface area contributed by atoms with Crippen molar-refractivity contribution in [1.29, 1.82) is 0 Å². The van der Waals surface area contributed by atoms with Crippen LogP contribution < -0.4 is 11.1 Å². The Morgan fingerprint density at radius 3 is 2.67 bits per heavy atom. The van der Waals surface area contributed by atoms with Gasteiger partial charge in [-0.25, -0.2) is 4.98 Å². The van der Waals surface area contributed by atoms with E-state index in [-0.39, 0.29) is 0 Å². The molecule has 0 fully saturated rings. The molecule has 4 heteroatoms. The normalized spacial score (nSPS) is 10.8. The van der Waals surface area contributed by atoms with Crippen LogP contribution in [0.25, 0.3) is 0 Å². The zero-order valence-electron chi connectivity index (χ0n) is 10.6. The lowest BCUT2D eigenvalue weighted by molar-refractivity contribution is 0.690. The Bertz CT molecular complexity index is 493. The second-order valence-electron chi connectivity index (χ2n) is 4.27. The highest BCUT2D eigenvalue weighted by Gasteiger charge is 2.03. The Kier molecular flexibility index (Phi) is 4.87. The molecule has 18 heavy (non-hydrogen) atoms. The van der Waals surface area contributed by atoms with Gasteiger partial charge in [-0.3, -0.25) is 0 Å². The molecule has 0 amide bonds. The number of hydrogen-bond acceptors (Lipinski definition) is 4. The number of rotatable bonds is 6. The van der Waals surface area contributed by atoms with E-state index in [2.05, 4.69) is 41.5 Å². The van der Waals surface area contributed by atoms with E-state index in [0.29, 0.717) is 6.54 Å². The molecular weight excluding hydrogens is 242 g/mol. The first-order valence-electron chi connectivity index (χ1n) is 6.17. The molecule has 0 aliphatic rings. The summed E-state index contributed by atoms with van der Waals surface area (Å²) in [5, 5.41) is 3.47. The standard InChI is InChI=1S/C14H19N3S/c1-11-14(18-10-17-11)9-16-8-13-5-3-2-4-12(13)6-7-15/h2-5,10,16H,6-9,15H2,1H3. The van der Waals surface area contributed by atoms with Gasteiger partial charge in [-0.05, 0) is 31.0 Å². The van der Waals surface area contributed by atoms with Crippen LogP contribution in [-0.4, -0.2) is 11.5 Å². The molecule has 96 valence electrons. The van der Waals surface area contributed by atoms with Gasteiger partial charge in [0.1, 0.15) is 0 Å². The fourth-order valence-corrected chi connectivity index (χ4v) is 2.68. The summed E-state index contributed by atoms with van der Waals surface area (Å²) in [6, 6.07) is 8.47. The van der Waals surface area contributed by atoms with Crippen LogP contribution in [0.15, 0.2) is 29.8 Å². The quantitative estimate of drug-likeness (QED) is 0.838. The molecule has 0 aliphatic carbocycles. The predicted octanol–water partition coefficient (Wildman–Crippen LogP) is 2.24. The Morgan fingerprint density at radius 2 is 2.00 bits per heavy atom. The smallest absolute Gasteiger partial charge is 0.0798 e. The second-order valence-corrected chi connectivity index (χ2v) is 5.21. The molecule has 2 aromatic rings. The molecule has 1 aromatic heterocycles. The van der Waals surface area contributed by atoms with E-state index in [1.165, 1.54) is 16.0 Å². The third kappa shape index (κ3) is 3.38. The van der Waals surface area contributed by atoms with Gasteiger partial charge in [0.2, 0.25) is 0 Å². The zero-order valence-corrected chi connectivity index (χ0v) is 11.5. The van der Waals surface area contributed by atoms with Crippen LogP contribution >= 0.6 is 11.3 Å². The van der Waals surface area contributed by atoms with Crippen molar-refractivity contribution >= 4 is 11.3 Å². The van der Waals surface area contributed by atoms with Crippen LogP contribution in [0.4, 0.5) is 0 Å². The van der Waals surface area contributed by atoms with E-state index < -0.39 is 0 Å². The average Bonchev–Trinajstić information content (AvgIpc) is 2.78. The Hall–Kier alpha value is -1.23. The predicted molar refractivity (Wildman–Crippen MR) is 76.6 cm³/mol. The van der Waals surface area contributed by atoms with Crippen LogP contribution in [0.3, 0.4) is 0 Å². The molecule has 0 unspecified atom stereocenters. The van der Waals surface area contributed by atoms with E-state index in [1.54, 1.807) is 11.3 Å². The summed E-state index contributed by atoms with van der Waals surface area (Å²) in [5.74, 6) is 0. The highest BCUT2D eigenvalue weighted by molar-refractivity contribution is 7.09. The maximum absolute atomic E-state index is 5.63. The molecule has 2 rings (SSSR count). The van der Waals surface area contributed by atoms with E-state index in [9.17, 15) is 0 Å². The molecule has 0 saturated carbocycles. The van der Waals surface area contributed by atoms with E-state index in [1.807, 2.05) is 5.51 Å². The second kappa shape index (κ2) is 6.64. The number of hydrogen-bond donors (Lipinski definition) is 2. The van der Waals surface area contributed by atoms with Gasteiger partial charge in [0, 0.05) is 18.0 Å². The van der Waals surface area contributed by atoms with Crippen molar-refractivity contribution in [2.24, 2.45) is 5.73 Å². The molecule has 1 aromatic carbocycles. The van der Waals surface area contributed by atoms with E-state index in [4.69, 9.17) is 5.73 Å². The van der Waals surface area contributed by atoms with Crippen molar-refractivity contribution in [2.45, 2.75) is 26.4 Å². The summed E-state index contributed by atoms with van der Waals surface area (Å²) in [5.41, 5.74) is 11.3. The van der Waals surface area contributed by atoms with Crippen molar-refractivity contribution in [2.75, 3.05) is 6.54 Å². The molecule has 0 atom stereocenters. The van der Waals surface area contributed by atoms with Gasteiger partial charge in [-0.1, -0.05) is 24.3 Å². The van der Waals surface area contributed by atoms with Crippen LogP contribution in [0, 0.1) is 6.92 Å². The topological polar surface area (TPSA) is 50.9 Å². The summed E-state index contributed by atoms with van der Waals surface area (Å²) in [7, 11) is 0. The third-order valence-corrected chi connectivity index (χ3v) is 3.91. The number of nitrogens with one attached hydrogen (secondary N) is 1. The van der Waals surface area contributed by atoms with Crippen LogP contribution in [0.1, 0.15) is 21.7 Å². The Labute approximate surface area is 112 Å². The van der Waals surface area contributed by atoms with Gasteiger partial charge in [0.25, 0.3) is 0 Å². The van der Waals surface area contributed by atoms with Gasteiger partial charge < -0.3 is 11.1 Å². The third-order valence-electron chi connectivity index (χ3n) is 2.98. The van der Waals surface area contributed by atoms with Gasteiger partial charge in [0.05, 0.1) is 11.2 Å². The summed E-state index contributed by atoms with van der Waals surface area (Å²) in [6.07, 6.45) is 0.942. The van der Waals surface area contributed by atoms with Gasteiger partial charge in [-0.2, -0.15) is 0 Å². The Morgan fingerprint density at radius 1 is 1.22 bits per heavy atom. The maximum atomic E-state index is 5.63. The first-order chi connectivity index (χ1) is 8.81. The fourth-order valence-electron chi connectivity index (χ4n) is 1.94. The number of nitrogens with zero attached hydrogens (tertiary/aromatic N) is 1. The van der Waals surface area contributed by atoms with Crippen LogP contribution in [-0.2, 0) is 19.5 Å². The average molecular weight is 261 g/mol. The molecule has 0 aliphatic heterocycles. The maximum Gasteiger partial charge on any atom is 0.0798 e. The lowest BCUT2D eigenvalue weighted by atomic mass is 10.0. The minimum absolute atomic E-state index is 0.699. The first-order valence-corrected chi connectivity index (χ1v) is 7.05. The number of thiazole rings is 1. The SMILES string of the molecule is Cc1ncsc1CNCc1ccccc1CCN. The van der Waals surface area contributed by atoms with Gasteiger partial charge in [-0.15, -0.1) is 11.3 Å². The minimum Gasteiger partial charge on any atom is -0.330 e. The Balaban J connectivity index is 1.92. The van der Waals surface area contributed by atoms with Gasteiger partial charge in [0.15, 0.2) is 0 Å². The highest BCUT2D eigenvalue weighted by Crippen LogP contribution is 2.13. The molecule has 0 spiro atoms. The summed E-state index contributed by atoms with van der Waals surface area (Å²) in [6.45, 7) is 4.52. The summed E-state index contributed by atoms with van der Waals surface area (Å²) in [4.78, 5) is 5.56. The van der Waals surface area contributed by atoms with E-state index >= 15 is 0 Å². The first kappa shape index (κ1) is 13.2. The molecule has 0 saturated heterocycles. The van der Waals surface area contributed by atoms with Crippen molar-refractivity contribution in [1.82, 2.24) is 10.3 Å². The minimum atomic E-state index is 0.699. The zero-order chi connectivity index (χ0) is 12.8. The number of aromatic nitrogens is 1. The molecular formula is C14H19N3S. The van der Waals surface area contributed by atoms with Crippen molar-refractivity contribution in [3.63, 3.8) is 0 Å². The number of benzene rings is 1. The molecule has 3 nitrogen and oxygen atoms in total. The lowest BCUT2D eigenvalue weighted by Gasteiger charge is -2.09. The summed E-state index contributed by atoms with van der Waals surface area (Å²) >= 11 is 1.71. The number of aryl methyl sites for hydroxylation is 1. The van der Waals surface area contributed by atoms with Crippen molar-refractivity contribution in [3.05, 3.63) is 51.5 Å². The lowest BCUT2D eigenvalue weighted by Crippen LogP contribution is -2.15. The van der Waals surface area contributed by atoms with Crippen molar-refractivity contribution < 1.29 is 0 Å². The highest BCUT2D eigenvalue weighted by atomic mass is 32.1. The van der Waals surface area contributed by atoms with Crippen LogP contribution in [0.5, 0.6) is 0 Å². The molecule has 1 heterocycles. The monoisotopic (exact) mass is 261 g/mol. The summed E-state index contributed by atoms with van der Waals surface area (Å²) < 4.78 is 0. The van der Waals surface area contributed by atoms with Crippen LogP contribution in [0.2, 0.25) is 0 Å².